The van der Waals surface area contributed by atoms with Crippen LogP contribution in [0.15, 0.2) is 41.3 Å². The van der Waals surface area contributed by atoms with Gasteiger partial charge in [0.1, 0.15) is 0 Å². The molecule has 0 fully saturated rings. The van der Waals surface area contributed by atoms with E-state index in [9.17, 15) is 4.79 Å². The first-order chi connectivity index (χ1) is 8.22. The number of halogens is 1. The van der Waals surface area contributed by atoms with Crippen molar-refractivity contribution in [2.75, 3.05) is 12.3 Å². The molecule has 0 aliphatic heterocycles. The maximum Gasteiger partial charge on any atom is 0.230 e. The van der Waals surface area contributed by atoms with Crippen LogP contribution < -0.4 is 5.32 Å². The predicted octanol–water partition coefficient (Wildman–Crippen LogP) is 3.51. The smallest absolute Gasteiger partial charge is 0.230 e. The van der Waals surface area contributed by atoms with Crippen molar-refractivity contribution in [3.8, 4) is 0 Å². The highest BCUT2D eigenvalue weighted by Gasteiger charge is 2.01. The summed E-state index contributed by atoms with van der Waals surface area (Å²) in [6.45, 7) is 2.67. The van der Waals surface area contributed by atoms with E-state index in [0.717, 1.165) is 11.3 Å². The van der Waals surface area contributed by atoms with E-state index in [4.69, 9.17) is 11.6 Å². The van der Waals surface area contributed by atoms with Crippen molar-refractivity contribution in [3.05, 3.63) is 41.4 Å². The van der Waals surface area contributed by atoms with Gasteiger partial charge in [-0.3, -0.25) is 4.79 Å². The molecule has 0 atom stereocenters. The van der Waals surface area contributed by atoms with Crippen molar-refractivity contribution in [2.45, 2.75) is 18.2 Å². The lowest BCUT2D eigenvalue weighted by molar-refractivity contribution is -0.118. The van der Waals surface area contributed by atoms with E-state index < -0.39 is 0 Å². The fourth-order valence-corrected chi connectivity index (χ4v) is 2.05. The van der Waals surface area contributed by atoms with Crippen molar-refractivity contribution in [1.29, 1.82) is 0 Å². The number of carbonyl (C=O) groups excluding carboxylic acids is 1. The molecule has 0 aromatic heterocycles. The van der Waals surface area contributed by atoms with Crippen LogP contribution in [0, 0.1) is 0 Å². The zero-order chi connectivity index (χ0) is 12.5. The van der Waals surface area contributed by atoms with Gasteiger partial charge in [0.15, 0.2) is 0 Å². The van der Waals surface area contributed by atoms with Crippen LogP contribution in [0.4, 0.5) is 0 Å². The van der Waals surface area contributed by atoms with E-state index in [2.05, 4.69) is 5.32 Å². The second-order valence-electron chi connectivity index (χ2n) is 3.45. The van der Waals surface area contributed by atoms with E-state index >= 15 is 0 Å². The van der Waals surface area contributed by atoms with Gasteiger partial charge in [0, 0.05) is 16.5 Å². The highest BCUT2D eigenvalue weighted by molar-refractivity contribution is 8.00. The van der Waals surface area contributed by atoms with E-state index in [-0.39, 0.29) is 5.91 Å². The Morgan fingerprint density at radius 3 is 2.76 bits per heavy atom. The van der Waals surface area contributed by atoms with Gasteiger partial charge in [0.2, 0.25) is 5.91 Å². The molecule has 0 saturated carbocycles. The number of nitrogens with one attached hydrogen (secondary N) is 1. The van der Waals surface area contributed by atoms with E-state index in [0.29, 0.717) is 17.3 Å². The lowest BCUT2D eigenvalue weighted by atomic mass is 10.4. The Morgan fingerprint density at radius 1 is 1.41 bits per heavy atom. The summed E-state index contributed by atoms with van der Waals surface area (Å²) in [6.07, 6.45) is 4.90. The van der Waals surface area contributed by atoms with E-state index in [1.54, 1.807) is 0 Å². The van der Waals surface area contributed by atoms with Crippen molar-refractivity contribution in [2.24, 2.45) is 0 Å². The van der Waals surface area contributed by atoms with Crippen molar-refractivity contribution in [1.82, 2.24) is 5.32 Å². The monoisotopic (exact) mass is 269 g/mol. The van der Waals surface area contributed by atoms with E-state index in [1.165, 1.54) is 11.8 Å². The molecular weight excluding hydrogens is 254 g/mol. The summed E-state index contributed by atoms with van der Waals surface area (Å²) in [5, 5.41) is 3.58. The highest BCUT2D eigenvalue weighted by Crippen LogP contribution is 2.19. The Labute approximate surface area is 111 Å². The zero-order valence-electron chi connectivity index (χ0n) is 9.78. The fourth-order valence-electron chi connectivity index (χ4n) is 1.19. The number of carbonyl (C=O) groups is 1. The molecular formula is C13H16ClNOS. The first-order valence-electron chi connectivity index (χ1n) is 5.48. The minimum absolute atomic E-state index is 0.0643. The molecule has 0 radical (unpaired) electrons. The first kappa shape index (κ1) is 14.1. The Kier molecular flexibility index (Phi) is 6.82. The summed E-state index contributed by atoms with van der Waals surface area (Å²) >= 11 is 7.29. The maximum atomic E-state index is 11.5. The summed E-state index contributed by atoms with van der Waals surface area (Å²) in [4.78, 5) is 12.5. The molecule has 1 amide bonds. The number of hydrogen-bond donors (Lipinski definition) is 1. The van der Waals surface area contributed by atoms with Crippen LogP contribution in [0.25, 0.3) is 0 Å². The third kappa shape index (κ3) is 6.39. The molecule has 0 unspecified atom stereocenters. The molecule has 0 spiro atoms. The van der Waals surface area contributed by atoms with Gasteiger partial charge in [0.05, 0.1) is 5.75 Å². The van der Waals surface area contributed by atoms with Gasteiger partial charge >= 0.3 is 0 Å². The number of rotatable bonds is 6. The van der Waals surface area contributed by atoms with Gasteiger partial charge in [-0.1, -0.05) is 23.8 Å². The number of benzene rings is 1. The van der Waals surface area contributed by atoms with Crippen LogP contribution in [-0.4, -0.2) is 18.2 Å². The van der Waals surface area contributed by atoms with Gasteiger partial charge in [0.25, 0.3) is 0 Å². The number of hydrogen-bond acceptors (Lipinski definition) is 2. The Balaban J connectivity index is 2.21. The topological polar surface area (TPSA) is 29.1 Å². The molecule has 0 saturated heterocycles. The molecule has 1 aromatic rings. The molecule has 1 N–H and O–H groups in total. The molecule has 92 valence electrons. The standard InChI is InChI=1S/C13H16ClNOS/c1-2-3-4-9-15-13(16)10-17-12-7-5-11(14)6-8-12/h2-3,5-8H,4,9-10H2,1H3,(H,15,16)/b3-2+. The maximum absolute atomic E-state index is 11.5. The summed E-state index contributed by atoms with van der Waals surface area (Å²) in [7, 11) is 0. The van der Waals surface area contributed by atoms with E-state index in [1.807, 2.05) is 43.3 Å². The van der Waals surface area contributed by atoms with Crippen LogP contribution >= 0.6 is 23.4 Å². The van der Waals surface area contributed by atoms with Gasteiger partial charge in [-0.15, -0.1) is 11.8 Å². The molecule has 1 rings (SSSR count). The minimum Gasteiger partial charge on any atom is -0.355 e. The van der Waals surface area contributed by atoms with Crippen LogP contribution in [0.2, 0.25) is 5.02 Å². The van der Waals surface area contributed by atoms with Crippen LogP contribution in [0.3, 0.4) is 0 Å². The number of amides is 1. The zero-order valence-corrected chi connectivity index (χ0v) is 11.4. The summed E-state index contributed by atoms with van der Waals surface area (Å²) in [6, 6.07) is 7.49. The Hall–Kier alpha value is -0.930. The summed E-state index contributed by atoms with van der Waals surface area (Å²) in [5.41, 5.74) is 0. The van der Waals surface area contributed by atoms with Gasteiger partial charge < -0.3 is 5.32 Å². The minimum atomic E-state index is 0.0643. The second kappa shape index (κ2) is 8.20. The third-order valence-electron chi connectivity index (χ3n) is 2.05. The molecule has 2 nitrogen and oxygen atoms in total. The first-order valence-corrected chi connectivity index (χ1v) is 6.85. The van der Waals surface area contributed by atoms with Crippen molar-refractivity contribution < 1.29 is 4.79 Å². The molecule has 0 aliphatic carbocycles. The largest absolute Gasteiger partial charge is 0.355 e. The van der Waals surface area contributed by atoms with Crippen LogP contribution in [-0.2, 0) is 4.79 Å². The fraction of sp³-hybridized carbons (Fsp3) is 0.308. The lowest BCUT2D eigenvalue weighted by Crippen LogP contribution is -2.25. The van der Waals surface area contributed by atoms with Crippen molar-refractivity contribution in [3.63, 3.8) is 0 Å². The van der Waals surface area contributed by atoms with Crippen molar-refractivity contribution >= 4 is 29.3 Å². The molecule has 17 heavy (non-hydrogen) atoms. The quantitative estimate of drug-likeness (QED) is 0.486. The van der Waals surface area contributed by atoms with Gasteiger partial charge in [-0.2, -0.15) is 0 Å². The molecule has 1 aromatic carbocycles. The molecule has 0 heterocycles. The Bertz CT molecular complexity index is 376. The number of allylic oxidation sites excluding steroid dienone is 1. The highest BCUT2D eigenvalue weighted by atomic mass is 35.5. The van der Waals surface area contributed by atoms with Gasteiger partial charge in [-0.05, 0) is 37.6 Å². The predicted molar refractivity (Wildman–Crippen MR) is 74.6 cm³/mol. The SMILES string of the molecule is C/C=C/CCNC(=O)CSc1ccc(Cl)cc1. The molecule has 0 bridgehead atoms. The van der Waals surface area contributed by atoms with Crippen LogP contribution in [0.5, 0.6) is 0 Å². The number of thioether (sulfide) groups is 1. The average Bonchev–Trinajstić information content (AvgIpc) is 2.34. The molecule has 4 heteroatoms. The lowest BCUT2D eigenvalue weighted by Gasteiger charge is -2.03. The summed E-state index contributed by atoms with van der Waals surface area (Å²) in [5.74, 6) is 0.506. The summed E-state index contributed by atoms with van der Waals surface area (Å²) < 4.78 is 0. The second-order valence-corrected chi connectivity index (χ2v) is 4.94. The van der Waals surface area contributed by atoms with Crippen LogP contribution in [0.1, 0.15) is 13.3 Å². The molecule has 0 aliphatic rings. The average molecular weight is 270 g/mol. The third-order valence-corrected chi connectivity index (χ3v) is 3.32. The Morgan fingerprint density at radius 2 is 2.12 bits per heavy atom. The normalized spacial score (nSPS) is 10.7. The van der Waals surface area contributed by atoms with Gasteiger partial charge in [-0.25, -0.2) is 0 Å².